The van der Waals surface area contributed by atoms with Gasteiger partial charge in [-0.15, -0.1) is 0 Å². The highest BCUT2D eigenvalue weighted by molar-refractivity contribution is 6.15. The molecule has 0 radical (unpaired) electrons. The molecule has 9 aromatic rings. The molecule has 0 saturated heterocycles. The summed E-state index contributed by atoms with van der Waals surface area (Å²) in [5, 5.41) is 13.0. The number of pyridine rings is 2. The summed E-state index contributed by atoms with van der Waals surface area (Å²) in [6, 6.07) is 54.2. The monoisotopic (exact) mass is 721 g/mol. The Morgan fingerprint density at radius 3 is 1.57 bits per heavy atom. The first-order valence-corrected chi connectivity index (χ1v) is 19.1. The van der Waals surface area contributed by atoms with Crippen molar-refractivity contribution in [3.05, 3.63) is 191 Å². The van der Waals surface area contributed by atoms with Crippen molar-refractivity contribution in [2.45, 2.75) is 33.9 Å². The summed E-state index contributed by atoms with van der Waals surface area (Å²) >= 11 is 0. The van der Waals surface area contributed by atoms with E-state index in [1.165, 1.54) is 32.7 Å². The Kier molecular flexibility index (Phi) is 8.03. The lowest BCUT2D eigenvalue weighted by Gasteiger charge is -2.24. The molecule has 0 unspecified atom stereocenters. The van der Waals surface area contributed by atoms with Gasteiger partial charge in [0.05, 0.1) is 11.4 Å². The topological polar surface area (TPSA) is 62.5 Å². The Morgan fingerprint density at radius 1 is 0.429 bits per heavy atom. The van der Waals surface area contributed by atoms with Gasteiger partial charge in [0.1, 0.15) is 12.0 Å². The number of aliphatic imine (C=N–C) groups is 2. The third-order valence-corrected chi connectivity index (χ3v) is 10.8. The van der Waals surface area contributed by atoms with E-state index < -0.39 is 0 Å². The molecule has 1 atom stereocenters. The molecule has 0 aliphatic carbocycles. The van der Waals surface area contributed by atoms with Crippen LogP contribution < -0.4 is 5.32 Å². The van der Waals surface area contributed by atoms with Gasteiger partial charge in [0, 0.05) is 44.4 Å². The summed E-state index contributed by atoms with van der Waals surface area (Å²) in [6.07, 6.45) is -0.375. The van der Waals surface area contributed by atoms with Gasteiger partial charge < -0.3 is 5.32 Å². The Morgan fingerprint density at radius 2 is 0.946 bits per heavy atom. The molecule has 10 rings (SSSR count). The molecule has 0 bridgehead atoms. The smallest absolute Gasteiger partial charge is 0.159 e. The quantitative estimate of drug-likeness (QED) is 0.192. The average molecular weight is 722 g/mol. The summed E-state index contributed by atoms with van der Waals surface area (Å²) in [6.45, 7) is 8.38. The molecular formula is C51H39N5. The van der Waals surface area contributed by atoms with Crippen LogP contribution in [0.1, 0.15) is 45.4 Å². The molecule has 1 aliphatic heterocycles. The van der Waals surface area contributed by atoms with Gasteiger partial charge in [-0.05, 0) is 108 Å². The van der Waals surface area contributed by atoms with E-state index in [0.717, 1.165) is 78.0 Å². The van der Waals surface area contributed by atoms with Gasteiger partial charge in [0.2, 0.25) is 0 Å². The van der Waals surface area contributed by atoms with E-state index in [0.29, 0.717) is 5.84 Å². The molecule has 2 aromatic heterocycles. The van der Waals surface area contributed by atoms with Crippen LogP contribution in [0.2, 0.25) is 0 Å². The number of rotatable bonds is 5. The molecule has 3 heterocycles. The zero-order valence-electron chi connectivity index (χ0n) is 31.8. The van der Waals surface area contributed by atoms with Gasteiger partial charge in [-0.1, -0.05) is 120 Å². The minimum atomic E-state index is -0.375. The normalized spacial score (nSPS) is 14.2. The van der Waals surface area contributed by atoms with E-state index in [1.54, 1.807) is 0 Å². The number of nitrogens with zero attached hydrogens (tertiary/aromatic N) is 4. The summed E-state index contributed by atoms with van der Waals surface area (Å²) < 4.78 is 0. The molecular weight excluding hydrogens is 683 g/mol. The van der Waals surface area contributed by atoms with E-state index in [2.05, 4.69) is 185 Å². The zero-order chi connectivity index (χ0) is 37.9. The molecule has 0 spiro atoms. The van der Waals surface area contributed by atoms with Gasteiger partial charge in [-0.3, -0.25) is 9.97 Å². The molecule has 56 heavy (non-hydrogen) atoms. The highest BCUT2D eigenvalue weighted by atomic mass is 15.2. The number of aryl methyl sites for hydroxylation is 4. The Hall–Kier alpha value is -6.98. The molecule has 0 saturated carbocycles. The standard InChI is InChI=1S/C51H39N5/c1-30-13-15-36-25-40(19-17-34(36)21-30)49-54-50(41-20-18-35-22-31(2)14-16-37(35)26-41)56-51(55-49)44-28-42(47-45-11-7-5-9-38(45)23-32(3)52-47)27-43(29-44)48-46-12-8-6-10-39(46)24-33(4)53-48/h5-29,49H,1-4H3,(H,54,55,56)/t49-/m0/s1. The molecule has 5 heteroatoms. The minimum Gasteiger partial charge on any atom is -0.344 e. The lowest BCUT2D eigenvalue weighted by atomic mass is 9.95. The number of hydrogen-bond donors (Lipinski definition) is 1. The van der Waals surface area contributed by atoms with Crippen LogP contribution in [0, 0.1) is 27.7 Å². The van der Waals surface area contributed by atoms with E-state index in [9.17, 15) is 0 Å². The van der Waals surface area contributed by atoms with Gasteiger partial charge >= 0.3 is 0 Å². The zero-order valence-corrected chi connectivity index (χ0v) is 31.8. The second-order valence-electron chi connectivity index (χ2n) is 15.1. The van der Waals surface area contributed by atoms with Crippen molar-refractivity contribution in [3.8, 4) is 22.5 Å². The first-order chi connectivity index (χ1) is 27.3. The van der Waals surface area contributed by atoms with Gasteiger partial charge in [-0.2, -0.15) is 0 Å². The van der Waals surface area contributed by atoms with Crippen LogP contribution in [0.15, 0.2) is 162 Å². The SMILES string of the molecule is Cc1ccc2cc(C3=NC(c4cc(-c5nc(C)cc6ccccc56)cc(-c5nc(C)cc6ccccc56)c4)=N[C@@H](c4ccc5cc(C)ccc5c4)N3)ccc2c1. The number of benzene rings is 7. The van der Waals surface area contributed by atoms with Crippen molar-refractivity contribution in [2.75, 3.05) is 0 Å². The molecule has 268 valence electrons. The summed E-state index contributed by atoms with van der Waals surface area (Å²) in [5.74, 6) is 1.42. The summed E-state index contributed by atoms with van der Waals surface area (Å²) in [5.41, 5.74) is 11.2. The molecule has 1 N–H and O–H groups in total. The van der Waals surface area contributed by atoms with Crippen LogP contribution in [0.5, 0.6) is 0 Å². The fraction of sp³-hybridized carbons (Fsp3) is 0.0980. The van der Waals surface area contributed by atoms with Crippen molar-refractivity contribution in [1.82, 2.24) is 15.3 Å². The largest absolute Gasteiger partial charge is 0.344 e. The molecule has 7 aromatic carbocycles. The maximum absolute atomic E-state index is 5.40. The van der Waals surface area contributed by atoms with Crippen LogP contribution in [0.4, 0.5) is 0 Å². The number of aromatic nitrogens is 2. The molecule has 5 nitrogen and oxygen atoms in total. The van der Waals surface area contributed by atoms with Crippen LogP contribution in [-0.2, 0) is 0 Å². The number of fused-ring (bicyclic) bond motifs is 4. The van der Waals surface area contributed by atoms with E-state index in [-0.39, 0.29) is 6.17 Å². The minimum absolute atomic E-state index is 0.375. The van der Waals surface area contributed by atoms with E-state index >= 15 is 0 Å². The number of amidine groups is 2. The van der Waals surface area contributed by atoms with Crippen LogP contribution in [0.25, 0.3) is 65.6 Å². The predicted molar refractivity (Wildman–Crippen MR) is 234 cm³/mol. The van der Waals surface area contributed by atoms with Crippen molar-refractivity contribution in [2.24, 2.45) is 9.98 Å². The highest BCUT2D eigenvalue weighted by Crippen LogP contribution is 2.36. The van der Waals surface area contributed by atoms with E-state index in [4.69, 9.17) is 20.0 Å². The molecule has 0 amide bonds. The van der Waals surface area contributed by atoms with Crippen molar-refractivity contribution < 1.29 is 0 Å². The van der Waals surface area contributed by atoms with Crippen LogP contribution >= 0.6 is 0 Å². The van der Waals surface area contributed by atoms with Crippen molar-refractivity contribution in [3.63, 3.8) is 0 Å². The van der Waals surface area contributed by atoms with Crippen molar-refractivity contribution in [1.29, 1.82) is 0 Å². The Labute approximate surface area is 326 Å². The number of hydrogen-bond acceptors (Lipinski definition) is 5. The molecule has 1 aliphatic rings. The van der Waals surface area contributed by atoms with Crippen LogP contribution in [-0.4, -0.2) is 21.6 Å². The third-order valence-electron chi connectivity index (χ3n) is 10.8. The van der Waals surface area contributed by atoms with Crippen molar-refractivity contribution >= 4 is 54.8 Å². The maximum atomic E-state index is 5.40. The lowest BCUT2D eigenvalue weighted by molar-refractivity contribution is 0.675. The predicted octanol–water partition coefficient (Wildman–Crippen LogP) is 12.2. The fourth-order valence-electron chi connectivity index (χ4n) is 8.10. The van der Waals surface area contributed by atoms with Gasteiger partial charge in [-0.25, -0.2) is 9.98 Å². The van der Waals surface area contributed by atoms with Gasteiger partial charge in [0.25, 0.3) is 0 Å². The van der Waals surface area contributed by atoms with E-state index in [1.807, 2.05) is 0 Å². The Balaban J connectivity index is 1.22. The first-order valence-electron chi connectivity index (χ1n) is 19.1. The highest BCUT2D eigenvalue weighted by Gasteiger charge is 2.23. The average Bonchev–Trinajstić information content (AvgIpc) is 3.22. The number of nitrogens with one attached hydrogen (secondary N) is 1. The first kappa shape index (κ1) is 33.6. The second kappa shape index (κ2) is 13.4. The summed E-state index contributed by atoms with van der Waals surface area (Å²) in [7, 11) is 0. The third kappa shape index (κ3) is 6.17. The molecule has 0 fully saturated rings. The maximum Gasteiger partial charge on any atom is 0.159 e. The Bertz CT molecular complexity index is 3020. The fourth-order valence-corrected chi connectivity index (χ4v) is 8.10. The summed E-state index contributed by atoms with van der Waals surface area (Å²) in [4.78, 5) is 21.1. The van der Waals surface area contributed by atoms with Crippen LogP contribution in [0.3, 0.4) is 0 Å². The lowest BCUT2D eigenvalue weighted by Crippen LogP contribution is -2.33. The van der Waals surface area contributed by atoms with Gasteiger partial charge in [0.15, 0.2) is 5.84 Å². The second-order valence-corrected chi connectivity index (χ2v) is 15.1.